The van der Waals surface area contributed by atoms with Gasteiger partial charge in [0.15, 0.2) is 0 Å². The van der Waals surface area contributed by atoms with E-state index < -0.39 is 0 Å². The van der Waals surface area contributed by atoms with E-state index in [4.69, 9.17) is 4.74 Å². The van der Waals surface area contributed by atoms with E-state index in [2.05, 4.69) is 21.8 Å². The van der Waals surface area contributed by atoms with Gasteiger partial charge in [-0.3, -0.25) is 4.79 Å². The van der Waals surface area contributed by atoms with E-state index >= 15 is 0 Å². The van der Waals surface area contributed by atoms with Crippen LogP contribution in [0.4, 0.5) is 0 Å². The largest absolute Gasteiger partial charge is 0.380 e. The molecule has 0 radical (unpaired) electrons. The molecule has 0 aromatic carbocycles. The first-order valence-corrected chi connectivity index (χ1v) is 6.09. The highest BCUT2D eigenvalue weighted by atomic mass is 32.1. The van der Waals surface area contributed by atoms with Crippen LogP contribution < -0.4 is 5.32 Å². The van der Waals surface area contributed by atoms with Crippen LogP contribution in [-0.4, -0.2) is 35.3 Å². The summed E-state index contributed by atoms with van der Waals surface area (Å²) in [5.74, 6) is -0.0695. The van der Waals surface area contributed by atoms with Crippen LogP contribution in [0.15, 0.2) is 0 Å². The predicted octanol–water partition coefficient (Wildman–Crippen LogP) is 0.867. The van der Waals surface area contributed by atoms with Crippen molar-refractivity contribution in [3.05, 3.63) is 10.6 Å². The number of ether oxygens (including phenoxy) is 1. The molecule has 2 heterocycles. The predicted molar refractivity (Wildman–Crippen MR) is 60.5 cm³/mol. The number of rotatable bonds is 4. The highest BCUT2D eigenvalue weighted by molar-refractivity contribution is 7.08. The van der Waals surface area contributed by atoms with Crippen molar-refractivity contribution in [2.45, 2.75) is 20.3 Å². The van der Waals surface area contributed by atoms with Gasteiger partial charge in [-0.1, -0.05) is 18.3 Å². The van der Waals surface area contributed by atoms with Gasteiger partial charge in [0.1, 0.15) is 4.88 Å². The van der Waals surface area contributed by atoms with E-state index in [1.807, 2.05) is 6.92 Å². The fourth-order valence-electron chi connectivity index (χ4n) is 1.54. The Morgan fingerprint density at radius 3 is 2.94 bits per heavy atom. The lowest BCUT2D eigenvalue weighted by Gasteiger charge is -2.37. The van der Waals surface area contributed by atoms with Gasteiger partial charge in [-0.05, 0) is 18.0 Å². The minimum atomic E-state index is -0.0695. The molecule has 5 nitrogen and oxygen atoms in total. The number of amides is 1. The molecule has 0 spiro atoms. The van der Waals surface area contributed by atoms with E-state index in [-0.39, 0.29) is 11.3 Å². The molecule has 0 saturated carbocycles. The normalized spacial score (nSPS) is 17.9. The summed E-state index contributed by atoms with van der Waals surface area (Å²) in [4.78, 5) is 12.5. The number of aryl methyl sites for hydroxylation is 1. The Hall–Kier alpha value is -1.01. The van der Waals surface area contributed by atoms with Gasteiger partial charge >= 0.3 is 0 Å². The summed E-state index contributed by atoms with van der Waals surface area (Å²) < 4.78 is 8.93. The van der Waals surface area contributed by atoms with Crippen LogP contribution in [0.5, 0.6) is 0 Å². The maximum absolute atomic E-state index is 11.9. The van der Waals surface area contributed by atoms with Gasteiger partial charge in [0.2, 0.25) is 0 Å². The van der Waals surface area contributed by atoms with Crippen molar-refractivity contribution in [3.8, 4) is 0 Å². The van der Waals surface area contributed by atoms with Gasteiger partial charge in [0.25, 0.3) is 5.91 Å². The zero-order valence-corrected chi connectivity index (χ0v) is 10.3. The van der Waals surface area contributed by atoms with Crippen LogP contribution in [0.2, 0.25) is 0 Å². The number of hydrogen-bond donors (Lipinski definition) is 1. The zero-order valence-electron chi connectivity index (χ0n) is 9.45. The smallest absolute Gasteiger partial charge is 0.264 e. The lowest BCUT2D eigenvalue weighted by molar-refractivity contribution is -0.0978. The fourth-order valence-corrected chi connectivity index (χ4v) is 2.21. The van der Waals surface area contributed by atoms with E-state index in [1.165, 1.54) is 0 Å². The van der Waals surface area contributed by atoms with Crippen molar-refractivity contribution in [1.82, 2.24) is 14.9 Å². The molecule has 1 saturated heterocycles. The van der Waals surface area contributed by atoms with Crippen molar-refractivity contribution in [2.75, 3.05) is 19.8 Å². The van der Waals surface area contributed by atoms with E-state index in [0.717, 1.165) is 36.9 Å². The molecule has 1 aromatic heterocycles. The minimum Gasteiger partial charge on any atom is -0.380 e. The number of carbonyl (C=O) groups is 1. The van der Waals surface area contributed by atoms with E-state index in [9.17, 15) is 4.79 Å². The van der Waals surface area contributed by atoms with Gasteiger partial charge in [-0.2, -0.15) is 0 Å². The van der Waals surface area contributed by atoms with Crippen molar-refractivity contribution >= 4 is 17.4 Å². The van der Waals surface area contributed by atoms with Crippen LogP contribution in [0.25, 0.3) is 0 Å². The maximum atomic E-state index is 11.9. The molecule has 1 aliphatic heterocycles. The molecule has 1 aliphatic rings. The summed E-state index contributed by atoms with van der Waals surface area (Å²) >= 11 is 1.15. The number of carbonyl (C=O) groups excluding carboxylic acids is 1. The molecule has 0 unspecified atom stereocenters. The number of aromatic nitrogens is 2. The second-order valence-corrected chi connectivity index (χ2v) is 5.14. The molecule has 0 atom stereocenters. The van der Waals surface area contributed by atoms with E-state index in [1.54, 1.807) is 0 Å². The third-order valence-electron chi connectivity index (χ3n) is 2.67. The van der Waals surface area contributed by atoms with Crippen LogP contribution in [0.1, 0.15) is 29.2 Å². The van der Waals surface area contributed by atoms with Crippen LogP contribution in [0, 0.1) is 5.41 Å². The Kier molecular flexibility index (Phi) is 3.20. The molecule has 2 rings (SSSR count). The first-order chi connectivity index (χ1) is 7.64. The van der Waals surface area contributed by atoms with Crippen LogP contribution in [-0.2, 0) is 11.2 Å². The molecule has 0 bridgehead atoms. The lowest BCUT2D eigenvalue weighted by Crippen LogP contribution is -2.48. The Balaban J connectivity index is 1.93. The molecular weight excluding hydrogens is 226 g/mol. The summed E-state index contributed by atoms with van der Waals surface area (Å²) in [5.41, 5.74) is 0.873. The Labute approximate surface area is 98.4 Å². The first-order valence-electron chi connectivity index (χ1n) is 5.32. The van der Waals surface area contributed by atoms with Crippen molar-refractivity contribution in [2.24, 2.45) is 5.41 Å². The highest BCUT2D eigenvalue weighted by Gasteiger charge is 2.33. The average molecular weight is 241 g/mol. The Bertz CT molecular complexity index is 387. The zero-order chi connectivity index (χ0) is 11.6. The molecule has 88 valence electrons. The Morgan fingerprint density at radius 1 is 1.62 bits per heavy atom. The molecular formula is C10H15N3O2S. The maximum Gasteiger partial charge on any atom is 0.264 e. The summed E-state index contributed by atoms with van der Waals surface area (Å²) in [6.45, 7) is 6.15. The third-order valence-corrected chi connectivity index (χ3v) is 3.44. The fraction of sp³-hybridized carbons (Fsp3) is 0.700. The van der Waals surface area contributed by atoms with E-state index in [0.29, 0.717) is 11.4 Å². The topological polar surface area (TPSA) is 64.1 Å². The first kappa shape index (κ1) is 11.5. The number of nitrogens with zero attached hydrogens (tertiary/aromatic N) is 2. The molecule has 16 heavy (non-hydrogen) atoms. The SMILES string of the molecule is CCc1nnsc1C(=O)NCC1(C)COC1. The van der Waals surface area contributed by atoms with Gasteiger partial charge < -0.3 is 10.1 Å². The summed E-state index contributed by atoms with van der Waals surface area (Å²) in [7, 11) is 0. The highest BCUT2D eigenvalue weighted by Crippen LogP contribution is 2.25. The van der Waals surface area contributed by atoms with Crippen molar-refractivity contribution < 1.29 is 9.53 Å². The lowest BCUT2D eigenvalue weighted by atomic mass is 9.89. The number of hydrogen-bond acceptors (Lipinski definition) is 5. The summed E-state index contributed by atoms with van der Waals surface area (Å²) in [5, 5.41) is 6.83. The molecule has 6 heteroatoms. The third kappa shape index (κ3) is 2.22. The van der Waals surface area contributed by atoms with Crippen molar-refractivity contribution in [3.63, 3.8) is 0 Å². The summed E-state index contributed by atoms with van der Waals surface area (Å²) in [6.07, 6.45) is 0.736. The van der Waals surface area contributed by atoms with Gasteiger partial charge in [0.05, 0.1) is 18.9 Å². The molecule has 1 aromatic rings. The standard InChI is InChI=1S/C10H15N3O2S/c1-3-7-8(16-13-12-7)9(14)11-4-10(2)5-15-6-10/h3-6H2,1-2H3,(H,11,14). The van der Waals surface area contributed by atoms with Crippen LogP contribution in [0.3, 0.4) is 0 Å². The Morgan fingerprint density at radius 2 is 2.38 bits per heavy atom. The van der Waals surface area contributed by atoms with Gasteiger partial charge in [-0.25, -0.2) is 0 Å². The second kappa shape index (κ2) is 4.47. The molecule has 0 aliphatic carbocycles. The molecule has 1 fully saturated rings. The van der Waals surface area contributed by atoms with Crippen LogP contribution >= 0.6 is 11.5 Å². The van der Waals surface area contributed by atoms with Crippen molar-refractivity contribution in [1.29, 1.82) is 0 Å². The summed E-state index contributed by atoms with van der Waals surface area (Å²) in [6, 6.07) is 0. The van der Waals surface area contributed by atoms with Gasteiger partial charge in [0, 0.05) is 12.0 Å². The second-order valence-electron chi connectivity index (χ2n) is 4.39. The molecule has 1 amide bonds. The number of nitrogens with one attached hydrogen (secondary N) is 1. The quantitative estimate of drug-likeness (QED) is 0.849. The molecule has 1 N–H and O–H groups in total. The minimum absolute atomic E-state index is 0.0695. The monoisotopic (exact) mass is 241 g/mol. The average Bonchev–Trinajstić information content (AvgIpc) is 2.71. The van der Waals surface area contributed by atoms with Gasteiger partial charge in [-0.15, -0.1) is 5.10 Å².